The number of hydrogen-bond acceptors (Lipinski definition) is 5. The number of carbonyl (C=O) groups excluding carboxylic acids is 2. The van der Waals surface area contributed by atoms with E-state index in [0.29, 0.717) is 12.8 Å². The van der Waals surface area contributed by atoms with Crippen LogP contribution in [0.15, 0.2) is 48.6 Å². The highest BCUT2D eigenvalue weighted by Gasteiger charge is 2.16. The molecular weight excluding hydrogens is 657 g/mol. The molecule has 308 valence electrons. The molecule has 0 radical (unpaired) electrons. The maximum atomic E-state index is 12.2. The summed E-state index contributed by atoms with van der Waals surface area (Å²) in [4.78, 5) is 24.4. The standard InChI is InChI=1S/C48H86O5/c1-3-5-7-9-11-13-15-17-19-21-23-24-25-27-29-31-33-35-37-39-41-43-48(51)53-46(44-49)45-52-47(50)42-40-38-36-34-32-30-28-26-22-20-18-16-14-12-10-8-6-4-2/h14-17,20-23,46,49H,3-13,18-19,24-45H2,1-2H3/b16-14-,17-15-,22-20-,23-21-. The summed E-state index contributed by atoms with van der Waals surface area (Å²) in [6, 6.07) is 0. The third kappa shape index (κ3) is 42.5. The van der Waals surface area contributed by atoms with Gasteiger partial charge in [-0.3, -0.25) is 9.59 Å². The molecule has 0 amide bonds. The average molecular weight is 743 g/mol. The Labute approximate surface area is 328 Å². The highest BCUT2D eigenvalue weighted by molar-refractivity contribution is 5.70. The topological polar surface area (TPSA) is 72.8 Å². The number of hydrogen-bond donors (Lipinski definition) is 1. The normalized spacial score (nSPS) is 12.6. The summed E-state index contributed by atoms with van der Waals surface area (Å²) in [7, 11) is 0. The number of carbonyl (C=O) groups is 2. The fraction of sp³-hybridized carbons (Fsp3) is 0.792. The van der Waals surface area contributed by atoms with Gasteiger partial charge in [-0.1, -0.05) is 184 Å². The second kappa shape index (κ2) is 44.3. The van der Waals surface area contributed by atoms with Crippen molar-refractivity contribution >= 4 is 11.9 Å². The Kier molecular flexibility index (Phi) is 42.5. The summed E-state index contributed by atoms with van der Waals surface area (Å²) >= 11 is 0. The average Bonchev–Trinajstić information content (AvgIpc) is 3.16. The minimum absolute atomic E-state index is 0.0716. The van der Waals surface area contributed by atoms with Gasteiger partial charge in [-0.2, -0.15) is 0 Å². The van der Waals surface area contributed by atoms with Crippen molar-refractivity contribution in [1.82, 2.24) is 0 Å². The van der Waals surface area contributed by atoms with E-state index in [1.165, 1.54) is 141 Å². The molecule has 0 saturated carbocycles. The number of esters is 2. The van der Waals surface area contributed by atoms with Crippen molar-refractivity contribution in [1.29, 1.82) is 0 Å². The van der Waals surface area contributed by atoms with Gasteiger partial charge in [0.05, 0.1) is 6.61 Å². The number of allylic oxidation sites excluding steroid dienone is 8. The molecule has 0 bridgehead atoms. The van der Waals surface area contributed by atoms with Crippen LogP contribution in [0.2, 0.25) is 0 Å². The van der Waals surface area contributed by atoms with Crippen molar-refractivity contribution in [3.05, 3.63) is 48.6 Å². The molecule has 1 atom stereocenters. The molecule has 0 fully saturated rings. The first-order valence-corrected chi connectivity index (χ1v) is 22.7. The van der Waals surface area contributed by atoms with E-state index in [9.17, 15) is 14.7 Å². The number of ether oxygens (including phenoxy) is 2. The molecule has 53 heavy (non-hydrogen) atoms. The van der Waals surface area contributed by atoms with Gasteiger partial charge in [0.2, 0.25) is 0 Å². The summed E-state index contributed by atoms with van der Waals surface area (Å²) < 4.78 is 10.6. The van der Waals surface area contributed by atoms with Crippen molar-refractivity contribution in [3.8, 4) is 0 Å². The van der Waals surface area contributed by atoms with E-state index in [4.69, 9.17) is 9.47 Å². The van der Waals surface area contributed by atoms with Gasteiger partial charge in [0.25, 0.3) is 0 Å². The number of aliphatic hydroxyl groups is 1. The van der Waals surface area contributed by atoms with Crippen LogP contribution < -0.4 is 0 Å². The third-order valence-electron chi connectivity index (χ3n) is 9.85. The second-order valence-electron chi connectivity index (χ2n) is 15.1. The Morgan fingerprint density at radius 1 is 0.434 bits per heavy atom. The number of rotatable bonds is 41. The van der Waals surface area contributed by atoms with Crippen molar-refractivity contribution in [3.63, 3.8) is 0 Å². The summed E-state index contributed by atoms with van der Waals surface area (Å²) in [6.45, 7) is 4.11. The molecule has 0 spiro atoms. The van der Waals surface area contributed by atoms with Crippen LogP contribution in [0.25, 0.3) is 0 Å². The molecule has 0 aliphatic rings. The predicted molar refractivity (Wildman–Crippen MR) is 228 cm³/mol. The Morgan fingerprint density at radius 3 is 1.13 bits per heavy atom. The Hall–Kier alpha value is -2.14. The maximum absolute atomic E-state index is 12.2. The van der Waals surface area contributed by atoms with E-state index in [1.807, 2.05) is 0 Å². The largest absolute Gasteiger partial charge is 0.462 e. The molecule has 1 N–H and O–H groups in total. The van der Waals surface area contributed by atoms with Crippen LogP contribution in [0.1, 0.15) is 226 Å². The lowest BCUT2D eigenvalue weighted by Crippen LogP contribution is -2.28. The molecule has 0 rings (SSSR count). The van der Waals surface area contributed by atoms with E-state index in [1.54, 1.807) is 0 Å². The zero-order chi connectivity index (χ0) is 38.6. The fourth-order valence-electron chi connectivity index (χ4n) is 6.38. The van der Waals surface area contributed by atoms with Crippen molar-refractivity contribution in [2.45, 2.75) is 232 Å². The Bertz CT molecular complexity index is 888. The minimum atomic E-state index is -0.777. The van der Waals surface area contributed by atoms with E-state index in [2.05, 4.69) is 62.5 Å². The molecule has 0 aromatic rings. The van der Waals surface area contributed by atoms with Crippen molar-refractivity contribution in [2.75, 3.05) is 13.2 Å². The number of unbranched alkanes of at least 4 members (excludes halogenated alkanes) is 25. The molecule has 5 nitrogen and oxygen atoms in total. The highest BCUT2D eigenvalue weighted by atomic mass is 16.6. The lowest BCUT2D eigenvalue weighted by Gasteiger charge is -2.15. The first kappa shape index (κ1) is 50.9. The lowest BCUT2D eigenvalue weighted by atomic mass is 10.1. The van der Waals surface area contributed by atoms with Gasteiger partial charge in [0, 0.05) is 12.8 Å². The lowest BCUT2D eigenvalue weighted by molar-refractivity contribution is -0.161. The van der Waals surface area contributed by atoms with Gasteiger partial charge < -0.3 is 14.6 Å². The minimum Gasteiger partial charge on any atom is -0.462 e. The summed E-state index contributed by atoms with van der Waals surface area (Å²) in [5.41, 5.74) is 0. The smallest absolute Gasteiger partial charge is 0.306 e. The van der Waals surface area contributed by atoms with Gasteiger partial charge >= 0.3 is 11.9 Å². The molecule has 5 heteroatoms. The van der Waals surface area contributed by atoms with Crippen LogP contribution in [0, 0.1) is 0 Å². The molecule has 0 saturated heterocycles. The zero-order valence-electron chi connectivity index (χ0n) is 35.0. The van der Waals surface area contributed by atoms with Crippen LogP contribution in [-0.4, -0.2) is 36.4 Å². The van der Waals surface area contributed by atoms with E-state index in [0.717, 1.165) is 57.8 Å². The van der Waals surface area contributed by atoms with Crippen LogP contribution in [0.3, 0.4) is 0 Å². The molecule has 0 aliphatic heterocycles. The molecule has 0 aromatic carbocycles. The van der Waals surface area contributed by atoms with Crippen LogP contribution >= 0.6 is 0 Å². The predicted octanol–water partition coefficient (Wildman–Crippen LogP) is 14.6. The number of aliphatic hydroxyl groups excluding tert-OH is 1. The SMILES string of the molecule is CCCCCC/C=C\C/C=C\CCCCCCCCCC(=O)OCC(CO)OC(=O)CCCCCCCCCCC/C=C\C/C=C\CCCCCCC. The van der Waals surface area contributed by atoms with Gasteiger partial charge in [-0.05, 0) is 77.0 Å². The van der Waals surface area contributed by atoms with Gasteiger partial charge in [-0.15, -0.1) is 0 Å². The monoisotopic (exact) mass is 743 g/mol. The van der Waals surface area contributed by atoms with Gasteiger partial charge in [0.15, 0.2) is 6.10 Å². The van der Waals surface area contributed by atoms with Crippen molar-refractivity contribution in [2.24, 2.45) is 0 Å². The molecule has 0 heterocycles. The highest BCUT2D eigenvalue weighted by Crippen LogP contribution is 2.14. The third-order valence-corrected chi connectivity index (χ3v) is 9.85. The van der Waals surface area contributed by atoms with Crippen LogP contribution in [0.4, 0.5) is 0 Å². The molecule has 0 aliphatic carbocycles. The maximum Gasteiger partial charge on any atom is 0.306 e. The summed E-state index contributed by atoms with van der Waals surface area (Å²) in [5.74, 6) is -0.601. The second-order valence-corrected chi connectivity index (χ2v) is 15.1. The fourth-order valence-corrected chi connectivity index (χ4v) is 6.38. The first-order valence-electron chi connectivity index (χ1n) is 22.7. The molecule has 1 unspecified atom stereocenters. The Morgan fingerprint density at radius 2 is 0.755 bits per heavy atom. The Balaban J connectivity index is 3.55. The van der Waals surface area contributed by atoms with Gasteiger partial charge in [-0.25, -0.2) is 0 Å². The summed E-state index contributed by atoms with van der Waals surface area (Å²) in [5, 5.41) is 9.59. The van der Waals surface area contributed by atoms with E-state index < -0.39 is 6.10 Å². The van der Waals surface area contributed by atoms with Crippen LogP contribution in [-0.2, 0) is 19.1 Å². The molecule has 0 aromatic heterocycles. The quantitative estimate of drug-likeness (QED) is 0.0384. The van der Waals surface area contributed by atoms with Crippen molar-refractivity contribution < 1.29 is 24.2 Å². The first-order chi connectivity index (χ1) is 26.1. The molecular formula is C48H86O5. The van der Waals surface area contributed by atoms with E-state index >= 15 is 0 Å². The van der Waals surface area contributed by atoms with E-state index in [-0.39, 0.29) is 25.2 Å². The van der Waals surface area contributed by atoms with Gasteiger partial charge in [0.1, 0.15) is 6.61 Å². The summed E-state index contributed by atoms with van der Waals surface area (Å²) in [6.07, 6.45) is 56.1. The zero-order valence-corrected chi connectivity index (χ0v) is 35.0. The van der Waals surface area contributed by atoms with Crippen LogP contribution in [0.5, 0.6) is 0 Å².